The Kier molecular flexibility index (Phi) is 16.8. The van der Waals surface area contributed by atoms with E-state index in [-0.39, 0.29) is 64.4 Å². The number of nitrogens with zero attached hydrogens (tertiary/aromatic N) is 10. The van der Waals surface area contributed by atoms with E-state index >= 15 is 0 Å². The lowest BCUT2D eigenvalue weighted by atomic mass is 9.80. The highest BCUT2D eigenvalue weighted by atomic mass is 35.5. The van der Waals surface area contributed by atoms with Gasteiger partial charge in [-0.05, 0) is 53.7 Å². The van der Waals surface area contributed by atoms with Crippen molar-refractivity contribution in [3.63, 3.8) is 0 Å². The van der Waals surface area contributed by atoms with Crippen LogP contribution in [0.5, 0.6) is 11.8 Å². The van der Waals surface area contributed by atoms with Crippen molar-refractivity contribution in [2.24, 2.45) is 0 Å². The number of ether oxygens (including phenoxy) is 2. The average molecular weight is 1020 g/mol. The van der Waals surface area contributed by atoms with Gasteiger partial charge < -0.3 is 18.8 Å². The Morgan fingerprint density at radius 3 is 1.42 bits per heavy atom. The van der Waals surface area contributed by atoms with E-state index in [4.69, 9.17) is 48.8 Å². The average Bonchev–Trinajstić information content (AvgIpc) is 3.84. The van der Waals surface area contributed by atoms with E-state index < -0.39 is 66.9 Å². The molecule has 6 aromatic rings. The SMILES string of the molecule is C.C.C[C@@H](Oc1ccc(-c2nn3c(C(F)(F)F)nnc3cc2Cl)cn1)C(F)(F)F.C[C@@H](Oc1ccc(B2OC(C)(C)C(C)(C)O2)cn1)C(F)(F)F.FC(F)(F)c1nnc2cc(Cl)c(Cl)nn12. The number of fused-ring (bicyclic) bond motifs is 2. The highest BCUT2D eigenvalue weighted by molar-refractivity contribution is 6.62. The van der Waals surface area contributed by atoms with Gasteiger partial charge in [0.1, 0.15) is 5.69 Å². The predicted molar refractivity (Wildman–Crippen MR) is 216 cm³/mol. The van der Waals surface area contributed by atoms with Crippen molar-refractivity contribution in [1.29, 1.82) is 0 Å². The molecule has 0 unspecified atom stereocenters. The Balaban J connectivity index is 0.000000269. The Labute approximate surface area is 382 Å². The summed E-state index contributed by atoms with van der Waals surface area (Å²) in [6.07, 6.45) is -19.9. The number of hydrogen-bond acceptors (Lipinski definition) is 12. The second-order valence-electron chi connectivity index (χ2n) is 14.2. The molecule has 66 heavy (non-hydrogen) atoms. The van der Waals surface area contributed by atoms with E-state index in [0.29, 0.717) is 14.5 Å². The maximum atomic E-state index is 12.9. The van der Waals surface area contributed by atoms with E-state index in [1.165, 1.54) is 18.3 Å². The van der Waals surface area contributed by atoms with Crippen molar-refractivity contribution in [3.8, 4) is 23.0 Å². The number of aromatic nitrogens is 10. The lowest BCUT2D eigenvalue weighted by Gasteiger charge is -2.32. The first kappa shape index (κ1) is 55.3. The summed E-state index contributed by atoms with van der Waals surface area (Å²) in [6, 6.07) is 7.64. The summed E-state index contributed by atoms with van der Waals surface area (Å²) in [6.45, 7) is 9.42. The van der Waals surface area contributed by atoms with Crippen LogP contribution >= 0.6 is 34.8 Å². The van der Waals surface area contributed by atoms with E-state index in [2.05, 4.69) is 45.3 Å². The summed E-state index contributed by atoms with van der Waals surface area (Å²) >= 11 is 17.0. The molecule has 0 aliphatic carbocycles. The third kappa shape index (κ3) is 12.9. The summed E-state index contributed by atoms with van der Waals surface area (Å²) in [5.41, 5.74) is -0.603. The maximum Gasteiger partial charge on any atom is 0.496 e. The minimum absolute atomic E-state index is 0. The Morgan fingerprint density at radius 2 is 1.03 bits per heavy atom. The third-order valence-electron chi connectivity index (χ3n) is 8.97. The Morgan fingerprint density at radius 1 is 0.606 bits per heavy atom. The summed E-state index contributed by atoms with van der Waals surface area (Å²) < 4.78 is 173. The van der Waals surface area contributed by atoms with Gasteiger partial charge in [0.15, 0.2) is 28.7 Å². The topological polar surface area (TPSA) is 149 Å². The lowest BCUT2D eigenvalue weighted by Crippen LogP contribution is -2.41. The first-order valence-electron chi connectivity index (χ1n) is 17.7. The fraction of sp³-hybridized carbons (Fsp3) is 0.444. The van der Waals surface area contributed by atoms with Gasteiger partial charge in [0.2, 0.25) is 11.8 Å². The molecular weight excluding hydrogens is 982 g/mol. The standard InChI is InChI=1S/C14H19BF3NO3.C14H8ClF6N5O.C6HCl2F3N4.2CH4/c1-9(14(16,17)18)20-11-7-6-10(8-19-11)15-21-12(2,3)13(4,5)22-15;1-6(13(16,17)18)27-10-3-2-7(5-22-10)11-8(15)4-9-23-24-12(14(19,20)21)26(9)25-11;7-2-1-3-12-13-5(6(9,10)11)15(3)14-4(2)8;;/h6-9H,1-5H3;2-6H,1H3;1H;2*1H4/t9-;6-;;;/m11.../s1. The summed E-state index contributed by atoms with van der Waals surface area (Å²) in [7, 11) is -0.605. The molecule has 6 aromatic heterocycles. The Bertz CT molecular complexity index is 2560. The zero-order valence-electron chi connectivity index (χ0n) is 33.1. The Hall–Kier alpha value is -4.99. The smallest absolute Gasteiger partial charge is 0.465 e. The van der Waals surface area contributed by atoms with Crippen LogP contribution in [0.25, 0.3) is 22.6 Å². The van der Waals surface area contributed by atoms with Crippen LogP contribution in [-0.2, 0) is 21.7 Å². The number of rotatable bonds is 6. The highest BCUT2D eigenvalue weighted by Crippen LogP contribution is 2.37. The second kappa shape index (κ2) is 20.1. The molecule has 30 heteroatoms. The number of halogens is 15. The molecule has 0 radical (unpaired) electrons. The van der Waals surface area contributed by atoms with E-state index in [1.807, 2.05) is 27.7 Å². The minimum Gasteiger partial charge on any atom is -0.465 e. The van der Waals surface area contributed by atoms with Crippen LogP contribution in [0.15, 0.2) is 48.8 Å². The van der Waals surface area contributed by atoms with E-state index in [1.54, 1.807) is 6.07 Å². The molecule has 7 heterocycles. The zero-order chi connectivity index (χ0) is 48.0. The summed E-state index contributed by atoms with van der Waals surface area (Å²) in [4.78, 5) is 7.60. The molecule has 1 aliphatic rings. The molecule has 0 bridgehead atoms. The quantitative estimate of drug-likeness (QED) is 0.115. The highest BCUT2D eigenvalue weighted by Gasteiger charge is 2.52. The van der Waals surface area contributed by atoms with Crippen molar-refractivity contribution in [1.82, 2.24) is 49.6 Å². The van der Waals surface area contributed by atoms with E-state index in [9.17, 15) is 52.7 Å². The molecule has 1 aliphatic heterocycles. The third-order valence-corrected chi connectivity index (χ3v) is 9.92. The van der Waals surface area contributed by atoms with Crippen LogP contribution in [0, 0.1) is 0 Å². The molecule has 0 spiro atoms. The van der Waals surface area contributed by atoms with Gasteiger partial charge in [-0.3, -0.25) is 0 Å². The molecule has 1 saturated heterocycles. The fourth-order valence-corrected chi connectivity index (χ4v) is 5.32. The molecule has 0 saturated carbocycles. The van der Waals surface area contributed by atoms with E-state index in [0.717, 1.165) is 38.2 Å². The van der Waals surface area contributed by atoms with Gasteiger partial charge in [-0.1, -0.05) is 55.7 Å². The van der Waals surface area contributed by atoms with Gasteiger partial charge in [-0.15, -0.1) is 20.4 Å². The number of alkyl halides is 12. The van der Waals surface area contributed by atoms with Crippen molar-refractivity contribution in [2.75, 3.05) is 0 Å². The monoisotopic (exact) mass is 1020 g/mol. The summed E-state index contributed by atoms with van der Waals surface area (Å²) in [5, 5.41) is 19.5. The van der Waals surface area contributed by atoms with Crippen molar-refractivity contribution < 1.29 is 71.5 Å². The van der Waals surface area contributed by atoms with Gasteiger partial charge in [0, 0.05) is 41.6 Å². The van der Waals surface area contributed by atoms with Crippen molar-refractivity contribution in [3.05, 3.63) is 75.6 Å². The van der Waals surface area contributed by atoms with Gasteiger partial charge >= 0.3 is 31.8 Å². The normalized spacial score (nSPS) is 15.7. The molecule has 1 fully saturated rings. The number of hydrogen-bond donors (Lipinski definition) is 0. The second-order valence-corrected chi connectivity index (χ2v) is 15.4. The van der Waals surface area contributed by atoms with Crippen LogP contribution in [0.1, 0.15) is 68.0 Å². The molecular formula is C36H36BCl3F12N10O4. The van der Waals surface area contributed by atoms with Crippen LogP contribution in [-0.4, -0.2) is 92.5 Å². The minimum atomic E-state index is -4.79. The molecule has 0 aromatic carbocycles. The maximum absolute atomic E-state index is 12.9. The van der Waals surface area contributed by atoms with Crippen LogP contribution in [0.2, 0.25) is 15.2 Å². The molecule has 0 N–H and O–H groups in total. The predicted octanol–water partition coefficient (Wildman–Crippen LogP) is 10.6. The molecule has 7 rings (SSSR count). The number of pyridine rings is 2. The van der Waals surface area contributed by atoms with Gasteiger partial charge in [0.05, 0.1) is 21.2 Å². The first-order chi connectivity index (χ1) is 29.3. The van der Waals surface area contributed by atoms with Crippen LogP contribution in [0.3, 0.4) is 0 Å². The first-order valence-corrected chi connectivity index (χ1v) is 18.8. The van der Waals surface area contributed by atoms with Crippen LogP contribution < -0.4 is 14.9 Å². The van der Waals surface area contributed by atoms with Gasteiger partial charge in [0.25, 0.3) is 11.6 Å². The van der Waals surface area contributed by atoms with Crippen LogP contribution in [0.4, 0.5) is 52.7 Å². The molecule has 2 atom stereocenters. The largest absolute Gasteiger partial charge is 0.496 e. The zero-order valence-corrected chi connectivity index (χ0v) is 35.4. The van der Waals surface area contributed by atoms with Crippen molar-refractivity contribution >= 4 is 58.7 Å². The van der Waals surface area contributed by atoms with Gasteiger partial charge in [-0.2, -0.15) is 71.9 Å². The lowest BCUT2D eigenvalue weighted by molar-refractivity contribution is -0.190. The summed E-state index contributed by atoms with van der Waals surface area (Å²) in [5.74, 6) is -3.00. The van der Waals surface area contributed by atoms with Gasteiger partial charge in [-0.25, -0.2) is 9.97 Å². The van der Waals surface area contributed by atoms with Crippen molar-refractivity contribution in [2.45, 2.75) is 105 Å². The molecule has 14 nitrogen and oxygen atoms in total. The molecule has 0 amide bonds. The molecule has 362 valence electrons. The fourth-order valence-electron chi connectivity index (χ4n) is 4.81.